The fraction of sp³-hybridized carbons (Fsp3) is 0.0500. The molecule has 1 amide bonds. The second-order valence-electron chi connectivity index (χ2n) is 5.56. The van der Waals surface area contributed by atoms with E-state index in [4.69, 9.17) is 11.6 Å². The highest BCUT2D eigenvalue weighted by molar-refractivity contribution is 6.33. The largest absolute Gasteiger partial charge is 0.465 e. The van der Waals surface area contributed by atoms with Crippen LogP contribution in [0.5, 0.6) is 0 Å². The van der Waals surface area contributed by atoms with E-state index in [9.17, 15) is 9.59 Å². The first-order valence-corrected chi connectivity index (χ1v) is 8.42. The van der Waals surface area contributed by atoms with Crippen molar-refractivity contribution in [2.75, 3.05) is 17.7 Å². The quantitative estimate of drug-likeness (QED) is 0.635. The lowest BCUT2D eigenvalue weighted by atomic mass is 10.2. The van der Waals surface area contributed by atoms with E-state index in [1.54, 1.807) is 42.5 Å². The zero-order valence-corrected chi connectivity index (χ0v) is 15.2. The first-order valence-electron chi connectivity index (χ1n) is 8.04. The van der Waals surface area contributed by atoms with Gasteiger partial charge in [-0.25, -0.2) is 9.78 Å². The van der Waals surface area contributed by atoms with E-state index in [-0.39, 0.29) is 5.91 Å². The van der Waals surface area contributed by atoms with Gasteiger partial charge in [-0.3, -0.25) is 4.79 Å². The number of rotatable bonds is 5. The Balaban J connectivity index is 1.69. The molecule has 2 aromatic carbocycles. The number of pyridine rings is 1. The van der Waals surface area contributed by atoms with Gasteiger partial charge in [0.25, 0.3) is 5.91 Å². The highest BCUT2D eigenvalue weighted by Crippen LogP contribution is 2.24. The summed E-state index contributed by atoms with van der Waals surface area (Å²) in [5, 5.41) is 6.39. The summed E-state index contributed by atoms with van der Waals surface area (Å²) in [7, 11) is 1.30. The topological polar surface area (TPSA) is 80.3 Å². The van der Waals surface area contributed by atoms with Crippen LogP contribution in [-0.4, -0.2) is 24.0 Å². The average molecular weight is 382 g/mol. The molecule has 0 atom stereocenters. The van der Waals surface area contributed by atoms with Crippen LogP contribution in [0.4, 0.5) is 17.2 Å². The first-order chi connectivity index (χ1) is 13.1. The number of para-hydroxylation sites is 1. The van der Waals surface area contributed by atoms with Crippen LogP contribution in [-0.2, 0) is 4.74 Å². The number of anilines is 3. The van der Waals surface area contributed by atoms with Crippen molar-refractivity contribution in [1.29, 1.82) is 0 Å². The van der Waals surface area contributed by atoms with Crippen molar-refractivity contribution in [3.05, 3.63) is 83.0 Å². The number of nitrogens with one attached hydrogen (secondary N) is 2. The van der Waals surface area contributed by atoms with Gasteiger partial charge in [0.15, 0.2) is 0 Å². The van der Waals surface area contributed by atoms with Crippen LogP contribution in [0.2, 0.25) is 5.02 Å². The SMILES string of the molecule is COC(=O)c1cccc(NC(=O)c2ccc(Nc3ccccc3Cl)nc2)c1. The fourth-order valence-corrected chi connectivity index (χ4v) is 2.53. The minimum atomic E-state index is -0.470. The standard InChI is InChI=1S/C20H16ClN3O3/c1-27-20(26)13-5-4-6-15(11-13)23-19(25)14-9-10-18(22-12-14)24-17-8-3-2-7-16(17)21/h2-12H,1H3,(H,22,24)(H,23,25). The van der Waals surface area contributed by atoms with E-state index < -0.39 is 5.97 Å². The van der Waals surface area contributed by atoms with E-state index in [2.05, 4.69) is 20.4 Å². The van der Waals surface area contributed by atoms with Crippen LogP contribution < -0.4 is 10.6 Å². The van der Waals surface area contributed by atoms with Crippen molar-refractivity contribution in [3.8, 4) is 0 Å². The Morgan fingerprint density at radius 2 is 1.81 bits per heavy atom. The molecule has 2 N–H and O–H groups in total. The molecule has 0 unspecified atom stereocenters. The predicted molar refractivity (Wildman–Crippen MR) is 105 cm³/mol. The minimum Gasteiger partial charge on any atom is -0.465 e. The number of hydrogen-bond donors (Lipinski definition) is 2. The summed E-state index contributed by atoms with van der Waals surface area (Å²) in [4.78, 5) is 28.2. The lowest BCUT2D eigenvalue weighted by molar-refractivity contribution is 0.0600. The molecule has 0 radical (unpaired) electrons. The first kappa shape index (κ1) is 18.4. The Hall–Kier alpha value is -3.38. The number of esters is 1. The molecule has 0 fully saturated rings. The fourth-order valence-electron chi connectivity index (χ4n) is 2.35. The molecule has 0 spiro atoms. The second-order valence-corrected chi connectivity index (χ2v) is 5.97. The third-order valence-electron chi connectivity index (χ3n) is 3.70. The van der Waals surface area contributed by atoms with Gasteiger partial charge in [0.2, 0.25) is 0 Å². The molecule has 0 bridgehead atoms. The van der Waals surface area contributed by atoms with Crippen LogP contribution in [0.15, 0.2) is 66.9 Å². The number of ether oxygens (including phenoxy) is 1. The molecule has 0 saturated carbocycles. The minimum absolute atomic E-state index is 0.339. The van der Waals surface area contributed by atoms with Crippen molar-refractivity contribution >= 4 is 40.7 Å². The number of methoxy groups -OCH3 is 1. The third kappa shape index (κ3) is 4.62. The highest BCUT2D eigenvalue weighted by Gasteiger charge is 2.10. The Morgan fingerprint density at radius 1 is 1.00 bits per heavy atom. The number of benzene rings is 2. The molecule has 0 aliphatic carbocycles. The lowest BCUT2D eigenvalue weighted by Crippen LogP contribution is -2.13. The van der Waals surface area contributed by atoms with E-state index >= 15 is 0 Å². The smallest absolute Gasteiger partial charge is 0.337 e. The maximum atomic E-state index is 12.4. The summed E-state index contributed by atoms with van der Waals surface area (Å²) in [6.45, 7) is 0. The normalized spacial score (nSPS) is 10.1. The molecule has 3 aromatic rings. The molecule has 136 valence electrons. The van der Waals surface area contributed by atoms with Crippen LogP contribution in [0.1, 0.15) is 20.7 Å². The second kappa shape index (κ2) is 8.33. The molecule has 6 nitrogen and oxygen atoms in total. The molecule has 7 heteroatoms. The van der Waals surface area contributed by atoms with Gasteiger partial charge in [-0.1, -0.05) is 29.8 Å². The van der Waals surface area contributed by atoms with Gasteiger partial charge < -0.3 is 15.4 Å². The number of hydrogen-bond acceptors (Lipinski definition) is 5. The van der Waals surface area contributed by atoms with E-state index in [1.807, 2.05) is 18.2 Å². The Bertz CT molecular complexity index is 974. The molecule has 1 aromatic heterocycles. The molecule has 27 heavy (non-hydrogen) atoms. The van der Waals surface area contributed by atoms with Crippen LogP contribution in [0.3, 0.4) is 0 Å². The average Bonchev–Trinajstić information content (AvgIpc) is 2.70. The van der Waals surface area contributed by atoms with Gasteiger partial charge in [0.1, 0.15) is 5.82 Å². The number of nitrogens with zero attached hydrogens (tertiary/aromatic N) is 1. The molecule has 3 rings (SSSR count). The number of carbonyl (C=O) groups excluding carboxylic acids is 2. The third-order valence-corrected chi connectivity index (χ3v) is 4.03. The molecular weight excluding hydrogens is 366 g/mol. The van der Waals surface area contributed by atoms with Crippen molar-refractivity contribution < 1.29 is 14.3 Å². The van der Waals surface area contributed by atoms with Crippen molar-refractivity contribution in [2.24, 2.45) is 0 Å². The van der Waals surface area contributed by atoms with E-state index in [1.165, 1.54) is 13.3 Å². The van der Waals surface area contributed by atoms with Gasteiger partial charge in [0, 0.05) is 11.9 Å². The van der Waals surface area contributed by atoms with Gasteiger partial charge >= 0.3 is 5.97 Å². The van der Waals surface area contributed by atoms with Crippen LogP contribution in [0.25, 0.3) is 0 Å². The molecule has 0 saturated heterocycles. The summed E-state index contributed by atoms with van der Waals surface area (Å²) >= 11 is 6.10. The molecule has 0 aliphatic heterocycles. The maximum Gasteiger partial charge on any atom is 0.337 e. The number of amides is 1. The zero-order valence-electron chi connectivity index (χ0n) is 14.4. The van der Waals surface area contributed by atoms with Crippen molar-refractivity contribution in [2.45, 2.75) is 0 Å². The summed E-state index contributed by atoms with van der Waals surface area (Å²) < 4.78 is 4.67. The van der Waals surface area contributed by atoms with Crippen LogP contribution in [0, 0.1) is 0 Å². The zero-order chi connectivity index (χ0) is 19.2. The summed E-state index contributed by atoms with van der Waals surface area (Å²) in [6.07, 6.45) is 1.46. The highest BCUT2D eigenvalue weighted by atomic mass is 35.5. The Labute approximate surface area is 161 Å². The van der Waals surface area contributed by atoms with Gasteiger partial charge in [-0.2, -0.15) is 0 Å². The van der Waals surface area contributed by atoms with Crippen molar-refractivity contribution in [3.63, 3.8) is 0 Å². The summed E-state index contributed by atoms with van der Waals surface area (Å²) in [6, 6.07) is 17.1. The van der Waals surface area contributed by atoms with Gasteiger partial charge in [0.05, 0.1) is 28.9 Å². The number of aromatic nitrogens is 1. The van der Waals surface area contributed by atoms with Gasteiger partial charge in [-0.15, -0.1) is 0 Å². The predicted octanol–water partition coefficient (Wildman–Crippen LogP) is 4.52. The Morgan fingerprint density at radius 3 is 2.52 bits per heavy atom. The van der Waals surface area contributed by atoms with Gasteiger partial charge in [-0.05, 0) is 42.5 Å². The monoisotopic (exact) mass is 381 g/mol. The number of halogens is 1. The molecular formula is C20H16ClN3O3. The maximum absolute atomic E-state index is 12.4. The Kier molecular flexibility index (Phi) is 5.68. The van der Waals surface area contributed by atoms with Crippen LogP contribution >= 0.6 is 11.6 Å². The lowest BCUT2D eigenvalue weighted by Gasteiger charge is -2.09. The summed E-state index contributed by atoms with van der Waals surface area (Å²) in [5.41, 5.74) is 1.94. The summed E-state index contributed by atoms with van der Waals surface area (Å²) in [5.74, 6) is -0.246. The van der Waals surface area contributed by atoms with E-state index in [0.29, 0.717) is 27.7 Å². The number of carbonyl (C=O) groups is 2. The molecule has 1 heterocycles. The van der Waals surface area contributed by atoms with E-state index in [0.717, 1.165) is 5.69 Å². The van der Waals surface area contributed by atoms with Crippen molar-refractivity contribution in [1.82, 2.24) is 4.98 Å². The molecule has 0 aliphatic rings.